The Hall–Kier alpha value is -3.23. The first-order valence-electron chi connectivity index (χ1n) is 8.42. The molecule has 28 heavy (non-hydrogen) atoms. The van der Waals surface area contributed by atoms with Crippen LogP contribution in [-0.4, -0.2) is 30.9 Å². The smallest absolute Gasteiger partial charge is 0.354 e. The third kappa shape index (κ3) is 5.63. The minimum atomic E-state index is -4.40. The number of hydrogen-bond acceptors (Lipinski definition) is 4. The van der Waals surface area contributed by atoms with E-state index >= 15 is 0 Å². The van der Waals surface area contributed by atoms with Gasteiger partial charge in [0.1, 0.15) is 0 Å². The van der Waals surface area contributed by atoms with Crippen LogP contribution in [0.3, 0.4) is 0 Å². The van der Waals surface area contributed by atoms with Gasteiger partial charge in [-0.1, -0.05) is 19.9 Å². The van der Waals surface area contributed by atoms with Crippen molar-refractivity contribution in [3.05, 3.63) is 53.3 Å². The Morgan fingerprint density at radius 1 is 1.21 bits per heavy atom. The van der Waals surface area contributed by atoms with Gasteiger partial charge in [-0.3, -0.25) is 4.99 Å². The number of rotatable bonds is 5. The highest BCUT2D eigenvalue weighted by molar-refractivity contribution is 5.85. The van der Waals surface area contributed by atoms with E-state index in [9.17, 15) is 13.2 Å². The van der Waals surface area contributed by atoms with Gasteiger partial charge in [0.25, 0.3) is 0 Å². The lowest BCUT2D eigenvalue weighted by atomic mass is 10.1. The molecule has 148 valence electrons. The van der Waals surface area contributed by atoms with E-state index < -0.39 is 11.7 Å². The number of benzene rings is 1. The van der Waals surface area contributed by atoms with Gasteiger partial charge in [0.2, 0.25) is 5.96 Å². The lowest BCUT2D eigenvalue weighted by Gasteiger charge is -2.15. The second-order valence-corrected chi connectivity index (χ2v) is 6.10. The molecule has 0 saturated carbocycles. The highest BCUT2D eigenvalue weighted by Gasteiger charge is 2.30. The summed E-state index contributed by atoms with van der Waals surface area (Å²) in [5.74, 6) is 0.306. The van der Waals surface area contributed by atoms with Crippen molar-refractivity contribution in [2.75, 3.05) is 12.4 Å². The third-order valence-corrected chi connectivity index (χ3v) is 3.68. The summed E-state index contributed by atoms with van der Waals surface area (Å²) in [5, 5.41) is 7.01. The molecular weight excluding hydrogens is 369 g/mol. The molecule has 0 bridgehead atoms. The molecule has 2 rings (SSSR count). The van der Waals surface area contributed by atoms with Crippen molar-refractivity contribution in [1.29, 1.82) is 0 Å². The molecule has 2 aromatic rings. The van der Waals surface area contributed by atoms with Gasteiger partial charge in [-0.05, 0) is 43.0 Å². The van der Waals surface area contributed by atoms with E-state index in [1.54, 1.807) is 25.2 Å². The molecule has 0 fully saturated rings. The van der Waals surface area contributed by atoms with Crippen molar-refractivity contribution in [1.82, 2.24) is 10.4 Å². The van der Waals surface area contributed by atoms with Gasteiger partial charge in [0.05, 0.1) is 28.9 Å². The fourth-order valence-electron chi connectivity index (χ4n) is 2.35. The van der Waals surface area contributed by atoms with Crippen LogP contribution in [0.1, 0.15) is 36.7 Å². The summed E-state index contributed by atoms with van der Waals surface area (Å²) in [5.41, 5.74) is 4.15. The lowest BCUT2D eigenvalue weighted by Crippen LogP contribution is -2.15. The molecular formula is C19H21F3N6. The zero-order valence-electron chi connectivity index (χ0n) is 15.7. The first-order chi connectivity index (χ1) is 13.2. The minimum Gasteiger partial charge on any atom is -0.354 e. The molecule has 1 aromatic heterocycles. The average Bonchev–Trinajstić information content (AvgIpc) is 2.65. The molecule has 1 heterocycles. The number of alkyl halides is 3. The largest absolute Gasteiger partial charge is 0.416 e. The van der Waals surface area contributed by atoms with Crippen LogP contribution in [0.2, 0.25) is 0 Å². The minimum absolute atomic E-state index is 0.0391. The van der Waals surface area contributed by atoms with E-state index in [0.717, 1.165) is 12.1 Å². The maximum atomic E-state index is 12.9. The highest BCUT2D eigenvalue weighted by Crippen LogP contribution is 2.32. The first kappa shape index (κ1) is 21.1. The van der Waals surface area contributed by atoms with E-state index in [-0.39, 0.29) is 11.9 Å². The fourth-order valence-corrected chi connectivity index (χ4v) is 2.35. The quantitative estimate of drug-likeness (QED) is 0.446. The molecule has 0 saturated heterocycles. The van der Waals surface area contributed by atoms with E-state index in [2.05, 4.69) is 37.5 Å². The molecule has 0 amide bonds. The van der Waals surface area contributed by atoms with Crippen LogP contribution in [0.4, 0.5) is 24.5 Å². The number of nitrogens with zero attached hydrogens (tertiary/aromatic N) is 4. The summed E-state index contributed by atoms with van der Waals surface area (Å²) in [4.78, 5) is 12.0. The molecule has 0 aliphatic carbocycles. The van der Waals surface area contributed by atoms with E-state index in [4.69, 9.17) is 0 Å². The van der Waals surface area contributed by atoms with Crippen molar-refractivity contribution in [2.24, 2.45) is 15.1 Å². The molecule has 0 unspecified atom stereocenters. The topological polar surface area (TPSA) is 74.0 Å². The first-order valence-corrected chi connectivity index (χ1v) is 8.42. The van der Waals surface area contributed by atoms with Gasteiger partial charge in [0.15, 0.2) is 0 Å². The Labute approximate surface area is 161 Å². The van der Waals surface area contributed by atoms with Crippen LogP contribution in [-0.2, 0) is 6.18 Å². The predicted molar refractivity (Wildman–Crippen MR) is 107 cm³/mol. The summed E-state index contributed by atoms with van der Waals surface area (Å²) >= 11 is 0. The van der Waals surface area contributed by atoms with Gasteiger partial charge < -0.3 is 5.32 Å². The van der Waals surface area contributed by atoms with Crippen molar-refractivity contribution in [3.63, 3.8) is 0 Å². The average molecular weight is 390 g/mol. The second-order valence-electron chi connectivity index (χ2n) is 6.10. The molecule has 9 heteroatoms. The number of anilines is 2. The van der Waals surface area contributed by atoms with Crippen LogP contribution >= 0.6 is 0 Å². The van der Waals surface area contributed by atoms with E-state index in [1.165, 1.54) is 12.3 Å². The van der Waals surface area contributed by atoms with Crippen molar-refractivity contribution >= 4 is 30.3 Å². The molecule has 0 aliphatic rings. The van der Waals surface area contributed by atoms with Crippen molar-refractivity contribution < 1.29 is 13.2 Å². The summed E-state index contributed by atoms with van der Waals surface area (Å²) in [6.07, 6.45) is -2.90. The number of pyridine rings is 1. The number of halogens is 3. The van der Waals surface area contributed by atoms with Gasteiger partial charge in [-0.25, -0.2) is 15.4 Å². The number of aromatic nitrogens is 1. The van der Waals surface area contributed by atoms with E-state index in [0.29, 0.717) is 22.8 Å². The van der Waals surface area contributed by atoms with Gasteiger partial charge in [-0.2, -0.15) is 18.3 Å². The second kappa shape index (κ2) is 9.12. The molecule has 0 radical (unpaired) electrons. The number of nitrogens with one attached hydrogen (secondary N) is 2. The van der Waals surface area contributed by atoms with Crippen LogP contribution in [0, 0.1) is 0 Å². The third-order valence-electron chi connectivity index (χ3n) is 3.68. The van der Waals surface area contributed by atoms with E-state index in [1.807, 2.05) is 13.8 Å². The monoisotopic (exact) mass is 390 g/mol. The van der Waals surface area contributed by atoms with Gasteiger partial charge in [-0.15, -0.1) is 0 Å². The van der Waals surface area contributed by atoms with Gasteiger partial charge in [0, 0.05) is 12.7 Å². The Balaban J connectivity index is 2.26. The summed E-state index contributed by atoms with van der Waals surface area (Å²) < 4.78 is 38.7. The van der Waals surface area contributed by atoms with Crippen LogP contribution in [0.15, 0.2) is 51.5 Å². The predicted octanol–water partition coefficient (Wildman–Crippen LogP) is 4.58. The molecule has 0 aliphatic heterocycles. The lowest BCUT2D eigenvalue weighted by molar-refractivity contribution is -0.137. The Morgan fingerprint density at radius 2 is 1.96 bits per heavy atom. The van der Waals surface area contributed by atoms with Crippen molar-refractivity contribution in [2.45, 2.75) is 25.9 Å². The summed E-state index contributed by atoms with van der Waals surface area (Å²) in [6, 6.07) is 8.50. The summed E-state index contributed by atoms with van der Waals surface area (Å²) in [7, 11) is 1.55. The zero-order chi connectivity index (χ0) is 20.7. The van der Waals surface area contributed by atoms with Crippen molar-refractivity contribution in [3.8, 4) is 0 Å². The normalized spacial score (nSPS) is 12.5. The van der Waals surface area contributed by atoms with Crippen LogP contribution < -0.4 is 10.7 Å². The summed E-state index contributed by atoms with van der Waals surface area (Å²) in [6.45, 7) is 7.25. The Bertz CT molecular complexity index is 887. The zero-order valence-corrected chi connectivity index (χ0v) is 15.7. The molecule has 1 aromatic carbocycles. The number of hydrazone groups is 1. The number of hydrogen-bond donors (Lipinski definition) is 2. The highest BCUT2D eigenvalue weighted by atomic mass is 19.4. The Morgan fingerprint density at radius 3 is 2.57 bits per heavy atom. The molecule has 0 spiro atoms. The standard InChI is InChI=1S/C19H21F3N6/c1-12(2)17-16(26-14-7-5-6-13(10-14)19(20,21)22)9-8-15(27-17)11-25-28-18(23-3)24-4/h5-12,26H,3H2,1-2,4H3,(H,24,28)/b25-11+. The Kier molecular flexibility index (Phi) is 6.86. The SMILES string of the molecule is C=NC(=NC)N/N=C/c1ccc(Nc2cccc(C(F)(F)F)c2)c(C(C)C)n1. The molecule has 2 N–H and O–H groups in total. The van der Waals surface area contributed by atoms with Crippen LogP contribution in [0.5, 0.6) is 0 Å². The number of guanidine groups is 1. The fraction of sp³-hybridized carbons (Fsp3) is 0.263. The van der Waals surface area contributed by atoms with Gasteiger partial charge >= 0.3 is 6.18 Å². The maximum Gasteiger partial charge on any atom is 0.416 e. The molecule has 0 atom stereocenters. The molecule has 6 nitrogen and oxygen atoms in total. The van der Waals surface area contributed by atoms with Crippen LogP contribution in [0.25, 0.3) is 0 Å². The maximum absolute atomic E-state index is 12.9. The number of aliphatic imine (C=N–C) groups is 2.